The first-order chi connectivity index (χ1) is 16.4. The van der Waals surface area contributed by atoms with Gasteiger partial charge in [0.1, 0.15) is 17.5 Å². The largest absolute Gasteiger partial charge is 0.497 e. The van der Waals surface area contributed by atoms with E-state index in [-0.39, 0.29) is 29.1 Å². The van der Waals surface area contributed by atoms with Crippen LogP contribution in [0.5, 0.6) is 5.75 Å². The molecular formula is C23H18ClN3O5S2. The van der Waals surface area contributed by atoms with Crippen molar-refractivity contribution in [1.82, 2.24) is 9.88 Å². The Morgan fingerprint density at radius 1 is 1.09 bits per heavy atom. The molecule has 3 atom stereocenters. The lowest BCUT2D eigenvalue weighted by atomic mass is 9.83. The van der Waals surface area contributed by atoms with Crippen molar-refractivity contribution in [1.29, 1.82) is 0 Å². The lowest BCUT2D eigenvalue weighted by Crippen LogP contribution is -2.32. The van der Waals surface area contributed by atoms with Crippen LogP contribution in [0.25, 0.3) is 0 Å². The third-order valence-electron chi connectivity index (χ3n) is 5.79. The van der Waals surface area contributed by atoms with E-state index in [0.717, 1.165) is 28.7 Å². The highest BCUT2D eigenvalue weighted by molar-refractivity contribution is 8.00. The van der Waals surface area contributed by atoms with Gasteiger partial charge in [-0.3, -0.25) is 29.1 Å². The lowest BCUT2D eigenvalue weighted by Gasteiger charge is -2.30. The van der Waals surface area contributed by atoms with Gasteiger partial charge in [0.25, 0.3) is 0 Å². The number of carbonyl (C=O) groups excluding carboxylic acids is 3. The number of thioether (sulfide) groups is 1. The highest BCUT2D eigenvalue weighted by Crippen LogP contribution is 2.51. The molecule has 174 valence electrons. The van der Waals surface area contributed by atoms with Crippen LogP contribution in [0.4, 0.5) is 5.69 Å². The van der Waals surface area contributed by atoms with E-state index >= 15 is 0 Å². The van der Waals surface area contributed by atoms with E-state index in [4.69, 9.17) is 16.3 Å². The smallest absolute Gasteiger partial charge is 0.308 e. The molecule has 5 rings (SSSR count). The zero-order valence-corrected chi connectivity index (χ0v) is 20.1. The third kappa shape index (κ3) is 4.02. The molecule has 0 spiro atoms. The number of carbonyl (C=O) groups is 3. The number of rotatable bonds is 5. The maximum absolute atomic E-state index is 13.0. The molecule has 1 saturated heterocycles. The summed E-state index contributed by atoms with van der Waals surface area (Å²) in [7, 11) is 1.56. The minimum Gasteiger partial charge on any atom is -0.497 e. The number of amides is 3. The molecule has 3 heterocycles. The molecule has 34 heavy (non-hydrogen) atoms. The van der Waals surface area contributed by atoms with Gasteiger partial charge >= 0.3 is 4.87 Å². The summed E-state index contributed by atoms with van der Waals surface area (Å²) in [5.41, 5.74) is 1.34. The number of methoxy groups -OCH3 is 1. The van der Waals surface area contributed by atoms with Crippen LogP contribution in [-0.4, -0.2) is 34.6 Å². The van der Waals surface area contributed by atoms with Crippen LogP contribution in [0.3, 0.4) is 0 Å². The molecule has 0 aliphatic carbocycles. The zero-order chi connectivity index (χ0) is 24.0. The van der Waals surface area contributed by atoms with Gasteiger partial charge in [0.2, 0.25) is 17.7 Å². The minimum absolute atomic E-state index is 0.220. The molecular weight excluding hydrogens is 498 g/mol. The number of nitrogens with zero attached hydrogens (tertiary/aromatic N) is 1. The summed E-state index contributed by atoms with van der Waals surface area (Å²) in [6.45, 7) is -0.220. The Kier molecular flexibility index (Phi) is 5.97. The molecule has 8 nitrogen and oxygen atoms in total. The van der Waals surface area contributed by atoms with Gasteiger partial charge in [-0.25, -0.2) is 0 Å². The molecule has 1 fully saturated rings. The molecule has 1 aromatic heterocycles. The van der Waals surface area contributed by atoms with E-state index in [1.807, 2.05) is 12.1 Å². The second-order valence-corrected chi connectivity index (χ2v) is 10.4. The number of thiazole rings is 1. The second-order valence-electron chi connectivity index (χ2n) is 7.85. The number of hydrogen-bond donors (Lipinski definition) is 2. The highest BCUT2D eigenvalue weighted by Gasteiger charge is 2.52. The summed E-state index contributed by atoms with van der Waals surface area (Å²) in [6, 6.07) is 13.9. The highest BCUT2D eigenvalue weighted by atomic mass is 35.5. The fraction of sp³-hybridized carbons (Fsp3) is 0.217. The van der Waals surface area contributed by atoms with Crippen molar-refractivity contribution in [2.75, 3.05) is 12.4 Å². The number of nitrogens with one attached hydrogen (secondary N) is 2. The number of halogens is 1. The fourth-order valence-electron chi connectivity index (χ4n) is 4.22. The number of imide groups is 1. The Labute approximate surface area is 207 Å². The average Bonchev–Trinajstić information content (AvgIpc) is 3.29. The Morgan fingerprint density at radius 3 is 2.47 bits per heavy atom. The number of aromatic nitrogens is 1. The van der Waals surface area contributed by atoms with Crippen molar-refractivity contribution < 1.29 is 19.1 Å². The quantitative estimate of drug-likeness (QED) is 0.506. The second kappa shape index (κ2) is 8.94. The van der Waals surface area contributed by atoms with Crippen molar-refractivity contribution >= 4 is 58.1 Å². The van der Waals surface area contributed by atoms with Crippen LogP contribution in [0, 0.1) is 5.92 Å². The van der Waals surface area contributed by atoms with Gasteiger partial charge in [0.05, 0.1) is 18.1 Å². The van der Waals surface area contributed by atoms with Gasteiger partial charge in [0.15, 0.2) is 0 Å². The van der Waals surface area contributed by atoms with Crippen LogP contribution >= 0.6 is 34.7 Å². The lowest BCUT2D eigenvalue weighted by molar-refractivity contribution is -0.126. The Balaban J connectivity index is 1.52. The molecule has 2 aromatic carbocycles. The Bertz CT molecular complexity index is 1350. The van der Waals surface area contributed by atoms with E-state index < -0.39 is 17.1 Å². The van der Waals surface area contributed by atoms with Gasteiger partial charge in [-0.2, -0.15) is 0 Å². The average molecular weight is 516 g/mol. The predicted molar refractivity (Wildman–Crippen MR) is 130 cm³/mol. The van der Waals surface area contributed by atoms with E-state index in [0.29, 0.717) is 26.4 Å². The molecule has 11 heteroatoms. The van der Waals surface area contributed by atoms with Crippen LogP contribution in [0.15, 0.2) is 58.4 Å². The summed E-state index contributed by atoms with van der Waals surface area (Å²) in [5, 5.41) is 5.56. The molecule has 2 N–H and O–H groups in total. The predicted octanol–water partition coefficient (Wildman–Crippen LogP) is 3.09. The van der Waals surface area contributed by atoms with Crippen LogP contribution in [-0.2, 0) is 20.9 Å². The number of ether oxygens (including phenoxy) is 1. The summed E-state index contributed by atoms with van der Waals surface area (Å²) < 4.78 is 6.61. The Hall–Kier alpha value is -3.08. The van der Waals surface area contributed by atoms with Gasteiger partial charge in [-0.15, -0.1) is 0 Å². The van der Waals surface area contributed by atoms with E-state index in [1.165, 1.54) is 4.57 Å². The van der Waals surface area contributed by atoms with Crippen molar-refractivity contribution in [3.8, 4) is 5.75 Å². The van der Waals surface area contributed by atoms with Crippen LogP contribution in [0.1, 0.15) is 16.4 Å². The zero-order valence-electron chi connectivity index (χ0n) is 17.7. The molecule has 0 bridgehead atoms. The van der Waals surface area contributed by atoms with Crippen molar-refractivity contribution in [3.05, 3.63) is 73.7 Å². The van der Waals surface area contributed by atoms with E-state index in [2.05, 4.69) is 10.6 Å². The van der Waals surface area contributed by atoms with Crippen LogP contribution in [0.2, 0.25) is 5.02 Å². The molecule has 2 unspecified atom stereocenters. The van der Waals surface area contributed by atoms with Crippen molar-refractivity contribution in [2.24, 2.45) is 5.92 Å². The maximum atomic E-state index is 13.0. The molecule has 0 radical (unpaired) electrons. The third-order valence-corrected chi connectivity index (χ3v) is 8.66. The van der Waals surface area contributed by atoms with Crippen LogP contribution < -0.4 is 20.2 Å². The first-order valence-electron chi connectivity index (χ1n) is 10.3. The monoisotopic (exact) mass is 515 g/mol. The normalized spacial score (nSPS) is 20.9. The maximum Gasteiger partial charge on any atom is 0.308 e. The molecule has 0 saturated carbocycles. The molecule has 3 aromatic rings. The number of anilines is 1. The fourth-order valence-corrected chi connectivity index (χ4v) is 7.09. The van der Waals surface area contributed by atoms with Gasteiger partial charge in [-0.1, -0.05) is 46.8 Å². The first kappa shape index (κ1) is 22.7. The number of benzene rings is 2. The topological polar surface area (TPSA) is 106 Å². The standard InChI is InChI=1S/C23H18ClN3O5S2/c1-32-14-8-2-11(3-9-14)16-17-18(21(30)26-20(17)29)33-22-19(16)34-23(31)27(22)10-15(28)25-13-6-4-12(24)5-7-13/h2-9,16-18H,10H2,1H3,(H,25,28)(H,26,29,30)/t16-,17?,18?/m0/s1. The minimum atomic E-state index is -0.688. The van der Waals surface area contributed by atoms with Gasteiger partial charge in [-0.05, 0) is 42.0 Å². The summed E-state index contributed by atoms with van der Waals surface area (Å²) in [5.74, 6) is -1.62. The Morgan fingerprint density at radius 2 is 1.79 bits per heavy atom. The van der Waals surface area contributed by atoms with Crippen molar-refractivity contribution in [3.63, 3.8) is 0 Å². The number of fused-ring (bicyclic) bond motifs is 2. The first-order valence-corrected chi connectivity index (χ1v) is 12.4. The SMILES string of the molecule is COc1ccc([C@@H]2c3sc(=O)n(CC(=O)Nc4ccc(Cl)cc4)c3SC3C(=O)NC(=O)C32)cc1. The molecule has 2 aliphatic rings. The van der Waals surface area contributed by atoms with Gasteiger partial charge in [0, 0.05) is 21.5 Å². The molecule has 2 aliphatic heterocycles. The summed E-state index contributed by atoms with van der Waals surface area (Å²) in [6.07, 6.45) is 0. The van der Waals surface area contributed by atoms with Gasteiger partial charge < -0.3 is 10.1 Å². The summed E-state index contributed by atoms with van der Waals surface area (Å²) >= 11 is 8.05. The molecule has 3 amide bonds. The van der Waals surface area contributed by atoms with E-state index in [1.54, 1.807) is 43.5 Å². The van der Waals surface area contributed by atoms with E-state index in [9.17, 15) is 19.2 Å². The summed E-state index contributed by atoms with van der Waals surface area (Å²) in [4.78, 5) is 51.3. The van der Waals surface area contributed by atoms with Crippen molar-refractivity contribution in [2.45, 2.75) is 22.7 Å². The number of hydrogen-bond acceptors (Lipinski definition) is 7.